The number of rotatable bonds is 28. The van der Waals surface area contributed by atoms with Crippen LogP contribution in [0.25, 0.3) is 22.6 Å². The number of ether oxygens (including phenoxy) is 5. The Morgan fingerprint density at radius 1 is 0.696 bits per heavy atom. The van der Waals surface area contributed by atoms with Gasteiger partial charge >= 0.3 is 18.4 Å². The number of carbonyl (C=O) groups is 4. The fourth-order valence-electron chi connectivity index (χ4n) is 17.0. The molecule has 0 bridgehead atoms. The van der Waals surface area contributed by atoms with E-state index in [0.717, 1.165) is 116 Å². The fraction of sp³-hybridized carbons (Fsp3) is 0.411. The van der Waals surface area contributed by atoms with Crippen LogP contribution in [-0.2, 0) is 58.3 Å². The third kappa shape index (κ3) is 17.8. The van der Waals surface area contributed by atoms with Gasteiger partial charge in [-0.05, 0) is 198 Å². The van der Waals surface area contributed by atoms with E-state index >= 15 is 4.79 Å². The third-order valence-corrected chi connectivity index (χ3v) is 23.8. The predicted molar refractivity (Wildman–Crippen MR) is 435 cm³/mol. The number of hydrogen-bond donors (Lipinski definition) is 2. The summed E-state index contributed by atoms with van der Waals surface area (Å²) < 4.78 is 114. The lowest BCUT2D eigenvalue weighted by molar-refractivity contribution is -0.438. The molecule has 1 saturated heterocycles. The van der Waals surface area contributed by atoms with Crippen molar-refractivity contribution in [1.29, 1.82) is 0 Å². The summed E-state index contributed by atoms with van der Waals surface area (Å²) in [5, 5.41) is 16.0. The first kappa shape index (κ1) is 81.6. The highest BCUT2D eigenvalue weighted by molar-refractivity contribution is 8.03. The molecular formula is C90H98F6N9O9S+. The molecule has 0 radical (unpaired) electrons. The molecule has 14 rings (SSSR count). The molecule has 2 aliphatic carbocycles. The van der Waals surface area contributed by atoms with E-state index in [1.54, 1.807) is 44.7 Å². The zero-order valence-corrected chi connectivity index (χ0v) is 66.9. The van der Waals surface area contributed by atoms with Crippen LogP contribution in [0.5, 0.6) is 5.75 Å². The molecule has 1 unspecified atom stereocenters. The highest BCUT2D eigenvalue weighted by Gasteiger charge is 2.58. The molecule has 5 heterocycles. The number of alkyl carbamates (subject to hydrolysis) is 1. The van der Waals surface area contributed by atoms with Crippen molar-refractivity contribution in [3.8, 4) is 5.75 Å². The molecule has 604 valence electrons. The lowest BCUT2D eigenvalue weighted by Gasteiger charge is -2.48. The van der Waals surface area contributed by atoms with Crippen LogP contribution in [0.4, 0.5) is 59.6 Å². The van der Waals surface area contributed by atoms with Gasteiger partial charge < -0.3 is 49.0 Å². The molecule has 1 spiro atoms. The molecule has 4 amide bonds. The van der Waals surface area contributed by atoms with Crippen LogP contribution in [0.15, 0.2) is 182 Å². The first-order valence-electron chi connectivity index (χ1n) is 39.9. The summed E-state index contributed by atoms with van der Waals surface area (Å²) in [4.78, 5) is 65.9. The Bertz CT molecular complexity index is 5050. The van der Waals surface area contributed by atoms with Gasteiger partial charge in [0.05, 0.1) is 74.0 Å². The molecule has 7 aromatic rings. The molecule has 5 aliphatic heterocycles. The maximum Gasteiger partial charge on any atom is 0.416 e. The average Bonchev–Trinajstić information content (AvgIpc) is 1.57. The predicted octanol–water partition coefficient (Wildman–Crippen LogP) is 19.1. The number of azo groups is 1. The van der Waals surface area contributed by atoms with Crippen molar-refractivity contribution in [2.75, 3.05) is 115 Å². The van der Waals surface area contributed by atoms with Gasteiger partial charge in [-0.25, -0.2) is 4.79 Å². The second-order valence-corrected chi connectivity index (χ2v) is 32.5. The van der Waals surface area contributed by atoms with Crippen molar-refractivity contribution in [2.24, 2.45) is 10.2 Å². The molecule has 115 heavy (non-hydrogen) atoms. The van der Waals surface area contributed by atoms with Gasteiger partial charge in [0, 0.05) is 139 Å². The second kappa shape index (κ2) is 34.5. The van der Waals surface area contributed by atoms with E-state index in [2.05, 4.69) is 147 Å². The molecule has 0 saturated carbocycles. The quantitative estimate of drug-likeness (QED) is 0.0205. The zero-order valence-electron chi connectivity index (χ0n) is 66.1. The Hall–Kier alpha value is -9.92. The smallest absolute Gasteiger partial charge is 0.416 e. The Balaban J connectivity index is 0.630. The van der Waals surface area contributed by atoms with E-state index in [4.69, 9.17) is 23.7 Å². The van der Waals surface area contributed by atoms with Crippen LogP contribution >= 0.6 is 11.8 Å². The normalized spacial score (nSPS) is 17.9. The summed E-state index contributed by atoms with van der Waals surface area (Å²) in [6.45, 7) is 22.0. The molecule has 18 nitrogen and oxygen atoms in total. The van der Waals surface area contributed by atoms with Crippen molar-refractivity contribution < 1.29 is 73.8 Å². The van der Waals surface area contributed by atoms with Crippen LogP contribution < -0.4 is 20.3 Å². The molecule has 7 aliphatic rings. The minimum Gasteiger partial charge on any atom is -0.456 e. The van der Waals surface area contributed by atoms with Crippen molar-refractivity contribution in [3.05, 3.63) is 217 Å². The van der Waals surface area contributed by atoms with E-state index in [0.29, 0.717) is 133 Å². The number of hydrogen-bond acceptors (Lipinski definition) is 14. The van der Waals surface area contributed by atoms with Gasteiger partial charge in [-0.1, -0.05) is 72.4 Å². The van der Waals surface area contributed by atoms with Gasteiger partial charge in [0.1, 0.15) is 29.2 Å². The van der Waals surface area contributed by atoms with Gasteiger partial charge in [-0.3, -0.25) is 19.3 Å². The molecule has 25 heteroatoms. The van der Waals surface area contributed by atoms with Crippen molar-refractivity contribution >= 4 is 92.3 Å². The SMILES string of the molecule is CCN(CC)c1ccc2c(c1)CCC1=C2Oc2cc(NC(=O)CCOCCOCCOCCNC(=O)OC(C)(C)C)ccc2C12c1ccccc1C(=O)N2CCN1CCN(C(=O)CCCC[N+]2=C(/C=C/C3=C4Sc5cc(N=Nc6cc(C(F)(F)F)cc(C(F)(F)F)c6)ccc5C=C4CCC3)C(C)(C)c3c2ccc2ccccc32)CC1. The van der Waals surface area contributed by atoms with E-state index in [-0.39, 0.29) is 49.1 Å². The summed E-state index contributed by atoms with van der Waals surface area (Å²) in [5.41, 5.74) is 8.67. The lowest BCUT2D eigenvalue weighted by Crippen LogP contribution is -2.54. The van der Waals surface area contributed by atoms with Gasteiger partial charge in [0.15, 0.2) is 5.71 Å². The fourth-order valence-corrected chi connectivity index (χ4v) is 18.2. The first-order valence-corrected chi connectivity index (χ1v) is 40.7. The van der Waals surface area contributed by atoms with Gasteiger partial charge in [-0.15, -0.1) is 0 Å². The minimum atomic E-state index is -5.02. The number of piperazine rings is 1. The summed E-state index contributed by atoms with van der Waals surface area (Å²) in [6.07, 6.45) is 2.00. The highest BCUT2D eigenvalue weighted by Crippen LogP contribution is 2.60. The number of amides is 4. The molecule has 7 aromatic carbocycles. The Morgan fingerprint density at radius 2 is 1.42 bits per heavy atom. The number of nitrogens with zero attached hydrogens (tertiary/aromatic N) is 7. The molecule has 2 N–H and O–H groups in total. The largest absolute Gasteiger partial charge is 0.456 e. The van der Waals surface area contributed by atoms with E-state index < -0.39 is 51.8 Å². The zero-order chi connectivity index (χ0) is 81.0. The van der Waals surface area contributed by atoms with Crippen LogP contribution in [-0.4, -0.2) is 159 Å². The number of fused-ring (bicyclic) bond motifs is 12. The Labute approximate surface area is 671 Å². The first-order chi connectivity index (χ1) is 55.2. The van der Waals surface area contributed by atoms with Crippen molar-refractivity contribution in [3.63, 3.8) is 0 Å². The number of aryl methyl sites for hydroxylation is 1. The van der Waals surface area contributed by atoms with E-state index in [1.807, 2.05) is 47.4 Å². The van der Waals surface area contributed by atoms with Crippen LogP contribution in [0.1, 0.15) is 155 Å². The van der Waals surface area contributed by atoms with Gasteiger partial charge in [-0.2, -0.15) is 41.1 Å². The number of alkyl halides is 6. The number of nitrogens with one attached hydrogen (secondary N) is 2. The van der Waals surface area contributed by atoms with Crippen LogP contribution in [0.3, 0.4) is 0 Å². The highest BCUT2D eigenvalue weighted by atomic mass is 32.2. The number of halogens is 6. The lowest BCUT2D eigenvalue weighted by atomic mass is 9.70. The maximum absolute atomic E-state index is 15.4. The molecule has 1 atom stereocenters. The molecule has 1 fully saturated rings. The van der Waals surface area contributed by atoms with Crippen molar-refractivity contribution in [1.82, 2.24) is 20.0 Å². The molecule has 0 aromatic heterocycles. The monoisotopic (exact) mass is 1590 g/mol. The summed E-state index contributed by atoms with van der Waals surface area (Å²) >= 11 is 1.58. The average molecular weight is 1600 g/mol. The van der Waals surface area contributed by atoms with Crippen molar-refractivity contribution in [2.45, 2.75) is 140 Å². The topological polar surface area (TPSA) is 179 Å². The van der Waals surface area contributed by atoms with Gasteiger partial charge in [0.2, 0.25) is 17.5 Å². The number of unbranched alkanes of at least 4 members (excludes halogenated alkanes) is 1. The van der Waals surface area contributed by atoms with E-state index in [1.165, 1.54) is 16.5 Å². The standard InChI is InChI=1S/C90H97F6N9O9S/c1-8-102(9-2)68-30-31-70-60(52-68)25-32-74-82(70)113-76-56-65(98-79(106)36-45-110-47-49-112-50-48-111-46-37-97-85(109)114-86(3,4)5)29-33-73(76)88(74)72-22-13-12-21-71(72)84(108)105(88)44-41-101-39-42-103(43-40-101)80(107)23-14-15-38-104-75-34-26-58-17-10-11-20-69(58)81(75)87(6,7)78(104)35-27-59-18-16-19-62-51-61-24-28-66(57-77(61)115-83(59)62)99-100-67-54-63(89(91,92)93)53-64(55-67)90(94,95)96/h10-13,17,20-22,24,26-31,33-35,51-57H,8-9,14-16,18-19,23,25,32,36-50H2,1-7H3,(H-,97,98,106,109)/p+1. The minimum absolute atomic E-state index is 0.0708. The number of benzene rings is 7. The second-order valence-electron chi connectivity index (χ2n) is 31.4. The summed E-state index contributed by atoms with van der Waals surface area (Å²) in [5.74, 6) is 1.05. The van der Waals surface area contributed by atoms with Crippen LogP contribution in [0.2, 0.25) is 0 Å². The number of carbonyl (C=O) groups excluding carboxylic acids is 4. The van der Waals surface area contributed by atoms with Crippen LogP contribution in [0, 0.1) is 0 Å². The Kier molecular flexibility index (Phi) is 24.5. The maximum atomic E-state index is 15.4. The number of thioether (sulfide) groups is 1. The van der Waals surface area contributed by atoms with E-state index in [9.17, 15) is 40.7 Å². The number of anilines is 2. The summed E-state index contributed by atoms with van der Waals surface area (Å²) in [7, 11) is 0. The Morgan fingerprint density at radius 3 is 2.17 bits per heavy atom. The molecular weight excluding hydrogens is 1500 g/mol. The third-order valence-electron chi connectivity index (χ3n) is 22.5. The summed E-state index contributed by atoms with van der Waals surface area (Å²) in [6, 6.07) is 39.5. The number of allylic oxidation sites excluding steroid dienone is 4. The van der Waals surface area contributed by atoms with Gasteiger partial charge in [0.25, 0.3) is 5.91 Å².